The van der Waals surface area contributed by atoms with E-state index in [1.807, 2.05) is 50.2 Å². The summed E-state index contributed by atoms with van der Waals surface area (Å²) in [5, 5.41) is 39.9. The van der Waals surface area contributed by atoms with Gasteiger partial charge in [0.1, 0.15) is 17.5 Å². The van der Waals surface area contributed by atoms with Crippen molar-refractivity contribution < 1.29 is 9.84 Å². The predicted octanol–water partition coefficient (Wildman–Crippen LogP) is 3.67. The zero-order chi connectivity index (χ0) is 25.4. The lowest BCUT2D eigenvalue weighted by Gasteiger charge is -2.14. The maximum absolute atomic E-state index is 10.4. The second-order valence-electron chi connectivity index (χ2n) is 8.31. The van der Waals surface area contributed by atoms with E-state index in [0.717, 1.165) is 22.5 Å². The second kappa shape index (κ2) is 9.09. The molecule has 5 aromatic heterocycles. The fourth-order valence-electron chi connectivity index (χ4n) is 3.92. The molecule has 1 atom stereocenters. The monoisotopic (exact) mass is 481 g/mol. The molecule has 11 heteroatoms. The Hall–Kier alpha value is -4.82. The number of aliphatic hydroxyl groups is 1. The molecule has 180 valence electrons. The Kier molecular flexibility index (Phi) is 5.79. The van der Waals surface area contributed by atoms with Gasteiger partial charge in [0.05, 0.1) is 42.5 Å². The zero-order valence-electron chi connectivity index (χ0n) is 20.1. The molecular weight excluding hydrogens is 458 g/mol. The molecule has 0 fully saturated rings. The number of pyridine rings is 2. The predicted molar refractivity (Wildman–Crippen MR) is 132 cm³/mol. The Morgan fingerprint density at radius 2 is 1.97 bits per heavy atom. The van der Waals surface area contributed by atoms with Gasteiger partial charge in [0.2, 0.25) is 0 Å². The highest BCUT2D eigenvalue weighted by atomic mass is 16.5. The van der Waals surface area contributed by atoms with Crippen LogP contribution >= 0.6 is 0 Å². The number of hydrogen-bond acceptors (Lipinski definition) is 9. The Bertz CT molecular complexity index is 1610. The molecule has 2 N–H and O–H groups in total. The minimum Gasteiger partial charge on any atom is -0.494 e. The lowest BCUT2D eigenvalue weighted by atomic mass is 10.1. The van der Waals surface area contributed by atoms with E-state index in [2.05, 4.69) is 25.7 Å². The number of rotatable bonds is 6. The molecule has 0 saturated heterocycles. The topological polar surface area (TPSA) is 139 Å². The summed E-state index contributed by atoms with van der Waals surface area (Å²) in [4.78, 5) is 4.82. The molecular formula is C25H23N9O2. The molecule has 0 unspecified atom stereocenters. The van der Waals surface area contributed by atoms with E-state index >= 15 is 0 Å². The fourth-order valence-corrected chi connectivity index (χ4v) is 3.92. The molecule has 0 aromatic carbocycles. The number of ether oxygens (including phenoxy) is 1. The van der Waals surface area contributed by atoms with E-state index in [1.165, 1.54) is 0 Å². The highest BCUT2D eigenvalue weighted by Crippen LogP contribution is 2.33. The molecule has 11 nitrogen and oxygen atoms in total. The quantitative estimate of drug-likeness (QED) is 0.372. The number of anilines is 2. The maximum Gasteiger partial charge on any atom is 0.163 e. The van der Waals surface area contributed by atoms with Gasteiger partial charge in [0.25, 0.3) is 0 Å². The van der Waals surface area contributed by atoms with E-state index in [4.69, 9.17) is 9.72 Å². The molecule has 0 spiro atoms. The lowest BCUT2D eigenvalue weighted by Crippen LogP contribution is -2.09. The summed E-state index contributed by atoms with van der Waals surface area (Å²) in [5.41, 5.74) is 5.25. The smallest absolute Gasteiger partial charge is 0.163 e. The summed E-state index contributed by atoms with van der Waals surface area (Å²) in [6.45, 7) is 5.37. The minimum absolute atomic E-state index is 0.273. The van der Waals surface area contributed by atoms with Crippen LogP contribution in [0.15, 0.2) is 48.8 Å². The highest BCUT2D eigenvalue weighted by molar-refractivity contribution is 5.81. The standard InChI is InChI=1S/C25H23N9O2/c1-14-5-8-24(31-30-14)28-21-13-33-22(10-23(21)36-4)19(12-27-33)20-7-6-18(16(3)35)25(29-20)34-15(2)9-17(11-26)32-34/h5-10,12-13,16,35H,1-4H3,(H,28,31)/t16-/m0/s1. The van der Waals surface area contributed by atoms with Gasteiger partial charge < -0.3 is 15.2 Å². The van der Waals surface area contributed by atoms with Crippen LogP contribution in [0.5, 0.6) is 5.75 Å². The van der Waals surface area contributed by atoms with Crippen LogP contribution in [-0.4, -0.2) is 46.8 Å². The van der Waals surface area contributed by atoms with Crippen LogP contribution in [0.2, 0.25) is 0 Å². The first-order valence-electron chi connectivity index (χ1n) is 11.2. The van der Waals surface area contributed by atoms with Crippen molar-refractivity contribution in [1.82, 2.24) is 34.6 Å². The summed E-state index contributed by atoms with van der Waals surface area (Å²) >= 11 is 0. The average molecular weight is 482 g/mol. The van der Waals surface area contributed by atoms with E-state index in [1.54, 1.807) is 41.7 Å². The minimum atomic E-state index is -0.779. The molecule has 5 heterocycles. The lowest BCUT2D eigenvalue weighted by molar-refractivity contribution is 0.198. The molecule has 36 heavy (non-hydrogen) atoms. The first-order chi connectivity index (χ1) is 17.4. The third kappa shape index (κ3) is 4.10. The normalized spacial score (nSPS) is 11.9. The van der Waals surface area contributed by atoms with Crippen molar-refractivity contribution in [3.63, 3.8) is 0 Å². The van der Waals surface area contributed by atoms with Gasteiger partial charge in [0, 0.05) is 22.9 Å². The molecule has 0 aliphatic carbocycles. The molecule has 0 aliphatic rings. The molecule has 0 saturated carbocycles. The highest BCUT2D eigenvalue weighted by Gasteiger charge is 2.19. The number of aliphatic hydroxyl groups excluding tert-OH is 1. The van der Waals surface area contributed by atoms with E-state index in [0.29, 0.717) is 34.3 Å². The van der Waals surface area contributed by atoms with Crippen molar-refractivity contribution in [2.75, 3.05) is 12.4 Å². The van der Waals surface area contributed by atoms with Gasteiger partial charge in [-0.2, -0.15) is 20.6 Å². The zero-order valence-corrected chi connectivity index (χ0v) is 20.1. The third-order valence-electron chi connectivity index (χ3n) is 5.73. The van der Waals surface area contributed by atoms with Gasteiger partial charge in [0.15, 0.2) is 17.3 Å². The van der Waals surface area contributed by atoms with Crippen LogP contribution in [0.4, 0.5) is 11.5 Å². The number of hydrogen-bond donors (Lipinski definition) is 2. The number of methoxy groups -OCH3 is 1. The first kappa shape index (κ1) is 22.9. The van der Waals surface area contributed by atoms with Gasteiger partial charge in [-0.05, 0) is 45.0 Å². The molecule has 0 bridgehead atoms. The SMILES string of the molecule is COc1cc2c(-c3ccc([C@H](C)O)c(-n4nc(C#N)cc4C)n3)cnn2cc1Nc1ccc(C)nn1. The third-order valence-corrected chi connectivity index (χ3v) is 5.73. The van der Waals surface area contributed by atoms with Crippen molar-refractivity contribution in [3.05, 3.63) is 71.4 Å². The van der Waals surface area contributed by atoms with E-state index in [9.17, 15) is 10.4 Å². The number of aryl methyl sites for hydroxylation is 2. The molecule has 0 radical (unpaired) electrons. The van der Waals surface area contributed by atoms with Crippen LogP contribution in [0, 0.1) is 25.2 Å². The van der Waals surface area contributed by atoms with Crippen molar-refractivity contribution >= 4 is 17.0 Å². The number of nitrogens with one attached hydrogen (secondary N) is 1. The van der Waals surface area contributed by atoms with E-state index < -0.39 is 6.10 Å². The van der Waals surface area contributed by atoms with Gasteiger partial charge in [-0.3, -0.25) is 0 Å². The van der Waals surface area contributed by atoms with Crippen LogP contribution in [0.25, 0.3) is 22.6 Å². The summed E-state index contributed by atoms with van der Waals surface area (Å²) in [6, 6.07) is 12.9. The summed E-state index contributed by atoms with van der Waals surface area (Å²) in [6.07, 6.45) is 2.74. The Morgan fingerprint density at radius 3 is 2.64 bits per heavy atom. The number of nitriles is 1. The van der Waals surface area contributed by atoms with Crippen molar-refractivity contribution in [2.45, 2.75) is 26.9 Å². The largest absolute Gasteiger partial charge is 0.494 e. The summed E-state index contributed by atoms with van der Waals surface area (Å²) < 4.78 is 8.93. The maximum atomic E-state index is 10.4. The Balaban J connectivity index is 1.60. The Morgan fingerprint density at radius 1 is 1.14 bits per heavy atom. The molecule has 0 aliphatic heterocycles. The molecule has 5 rings (SSSR count). The molecule has 0 amide bonds. The molecule has 5 aromatic rings. The average Bonchev–Trinajstić information content (AvgIpc) is 3.47. The van der Waals surface area contributed by atoms with Crippen LogP contribution < -0.4 is 10.1 Å². The summed E-state index contributed by atoms with van der Waals surface area (Å²) in [7, 11) is 1.59. The van der Waals surface area contributed by atoms with Crippen molar-refractivity contribution in [2.24, 2.45) is 0 Å². The number of aromatic nitrogens is 7. The van der Waals surface area contributed by atoms with Gasteiger partial charge in [-0.25, -0.2) is 14.2 Å². The first-order valence-corrected chi connectivity index (χ1v) is 11.2. The fraction of sp³-hybridized carbons (Fsp3) is 0.200. The van der Waals surface area contributed by atoms with Crippen LogP contribution in [0.1, 0.15) is 35.7 Å². The van der Waals surface area contributed by atoms with E-state index in [-0.39, 0.29) is 5.69 Å². The van der Waals surface area contributed by atoms with Gasteiger partial charge in [-0.15, -0.1) is 5.10 Å². The van der Waals surface area contributed by atoms with Gasteiger partial charge >= 0.3 is 0 Å². The Labute approximate surface area is 206 Å². The second-order valence-corrected chi connectivity index (χ2v) is 8.31. The number of nitrogens with zero attached hydrogens (tertiary/aromatic N) is 8. The summed E-state index contributed by atoms with van der Waals surface area (Å²) in [5.74, 6) is 1.62. The van der Waals surface area contributed by atoms with Crippen molar-refractivity contribution in [3.8, 4) is 28.9 Å². The van der Waals surface area contributed by atoms with Crippen LogP contribution in [-0.2, 0) is 0 Å². The van der Waals surface area contributed by atoms with Gasteiger partial charge in [-0.1, -0.05) is 6.07 Å². The van der Waals surface area contributed by atoms with Crippen LogP contribution in [0.3, 0.4) is 0 Å². The number of fused-ring (bicyclic) bond motifs is 1. The van der Waals surface area contributed by atoms with Crippen molar-refractivity contribution in [1.29, 1.82) is 5.26 Å².